The average Bonchev–Trinajstić information content (AvgIpc) is 3.21. The van der Waals surface area contributed by atoms with Gasteiger partial charge in [0, 0.05) is 35.9 Å². The summed E-state index contributed by atoms with van der Waals surface area (Å²) in [5.74, 6) is 0.957. The van der Waals surface area contributed by atoms with E-state index in [4.69, 9.17) is 28.2 Å². The number of benzene rings is 2. The van der Waals surface area contributed by atoms with Crippen molar-refractivity contribution < 1.29 is 0 Å². The lowest BCUT2D eigenvalue weighted by Gasteiger charge is -2.33. The van der Waals surface area contributed by atoms with Gasteiger partial charge in [0.1, 0.15) is 0 Å². The number of hydrogen-bond acceptors (Lipinski definition) is 4. The Kier molecular flexibility index (Phi) is 5.78. The summed E-state index contributed by atoms with van der Waals surface area (Å²) in [6, 6.07) is 13.4. The van der Waals surface area contributed by atoms with E-state index in [0.717, 1.165) is 18.7 Å². The molecule has 1 atom stereocenters. The van der Waals surface area contributed by atoms with Crippen LogP contribution in [-0.2, 0) is 26.6 Å². The van der Waals surface area contributed by atoms with E-state index in [1.54, 1.807) is 25.2 Å². The molecule has 9 heteroatoms. The van der Waals surface area contributed by atoms with E-state index >= 15 is 0 Å². The molecule has 0 saturated heterocycles. The minimum absolute atomic E-state index is 0.0513. The molecule has 5 rings (SSSR count). The van der Waals surface area contributed by atoms with Gasteiger partial charge in [0.2, 0.25) is 5.95 Å². The molecule has 3 heterocycles. The molecule has 4 aromatic rings. The Bertz CT molecular complexity index is 1520. The molecule has 0 fully saturated rings. The van der Waals surface area contributed by atoms with E-state index in [1.807, 2.05) is 4.57 Å². The van der Waals surface area contributed by atoms with Gasteiger partial charge >= 0.3 is 5.69 Å². The molecule has 0 N–H and O–H groups in total. The number of aryl methyl sites for hydroxylation is 2. The maximum absolute atomic E-state index is 13.7. The van der Waals surface area contributed by atoms with Crippen LogP contribution in [-0.4, -0.2) is 25.2 Å². The summed E-state index contributed by atoms with van der Waals surface area (Å²) >= 11 is 12.3. The molecule has 0 radical (unpaired) electrons. The smallest absolute Gasteiger partial charge is 0.312 e. The monoisotopic (exact) mass is 497 g/mol. The Morgan fingerprint density at radius 3 is 2.47 bits per heavy atom. The predicted octanol–water partition coefficient (Wildman–Crippen LogP) is 4.60. The fraction of sp³-hybridized carbons (Fsp3) is 0.320. The second-order valence-corrected chi connectivity index (χ2v) is 9.74. The van der Waals surface area contributed by atoms with E-state index in [1.165, 1.54) is 14.7 Å². The molecule has 2 aromatic heterocycles. The van der Waals surface area contributed by atoms with Crippen LogP contribution in [0.5, 0.6) is 0 Å². The zero-order valence-corrected chi connectivity index (χ0v) is 20.8. The van der Waals surface area contributed by atoms with Gasteiger partial charge in [-0.25, -0.2) is 4.79 Å². The van der Waals surface area contributed by atoms with E-state index in [-0.39, 0.29) is 18.0 Å². The van der Waals surface area contributed by atoms with Gasteiger partial charge < -0.3 is 9.47 Å². The molecule has 176 valence electrons. The Hall–Kier alpha value is -3.03. The summed E-state index contributed by atoms with van der Waals surface area (Å²) in [6.45, 7) is 5.74. The molecule has 0 bridgehead atoms. The van der Waals surface area contributed by atoms with Crippen LogP contribution >= 0.6 is 23.2 Å². The van der Waals surface area contributed by atoms with Crippen LogP contribution in [0.2, 0.25) is 10.0 Å². The minimum Gasteiger partial charge on any atom is -0.312 e. The van der Waals surface area contributed by atoms with E-state index < -0.39 is 5.69 Å². The minimum atomic E-state index is -0.439. The van der Waals surface area contributed by atoms with Crippen LogP contribution in [0.15, 0.2) is 52.1 Å². The zero-order valence-electron chi connectivity index (χ0n) is 19.3. The van der Waals surface area contributed by atoms with Gasteiger partial charge in [0.25, 0.3) is 5.56 Å². The normalized spacial score (nSPS) is 15.7. The van der Waals surface area contributed by atoms with Gasteiger partial charge in [0.05, 0.1) is 6.54 Å². The van der Waals surface area contributed by atoms with Crippen LogP contribution in [0.3, 0.4) is 0 Å². The van der Waals surface area contributed by atoms with Gasteiger partial charge in [0.15, 0.2) is 11.2 Å². The summed E-state index contributed by atoms with van der Waals surface area (Å²) in [6.07, 6.45) is 0.967. The standard InChI is InChI=1S/C25H25Cl2N5O2/c1-4-16-5-9-19(10-6-16)30-12-15(2)13-31-21-22(28-24(30)31)29(3)25(34)32(23(21)33)14-17-7-8-18(26)11-20(17)27/h5-11,15H,4,12-14H2,1-3H3/t15-/m0/s1. The van der Waals surface area contributed by atoms with Crippen molar-refractivity contribution in [2.75, 3.05) is 11.4 Å². The summed E-state index contributed by atoms with van der Waals surface area (Å²) in [5, 5.41) is 0.905. The highest BCUT2D eigenvalue weighted by molar-refractivity contribution is 6.35. The first-order chi connectivity index (χ1) is 16.3. The highest BCUT2D eigenvalue weighted by Gasteiger charge is 2.30. The first-order valence-corrected chi connectivity index (χ1v) is 12.0. The van der Waals surface area contributed by atoms with Crippen molar-refractivity contribution in [2.45, 2.75) is 33.4 Å². The lowest BCUT2D eigenvalue weighted by molar-refractivity contribution is 0.458. The summed E-state index contributed by atoms with van der Waals surface area (Å²) in [7, 11) is 1.65. The van der Waals surface area contributed by atoms with Crippen LogP contribution in [0.1, 0.15) is 25.0 Å². The maximum Gasteiger partial charge on any atom is 0.332 e. The van der Waals surface area contributed by atoms with Crippen molar-refractivity contribution in [3.8, 4) is 0 Å². The van der Waals surface area contributed by atoms with E-state index in [9.17, 15) is 9.59 Å². The van der Waals surface area contributed by atoms with Crippen molar-refractivity contribution in [3.05, 3.63) is 84.5 Å². The lowest BCUT2D eigenvalue weighted by atomic mass is 10.1. The van der Waals surface area contributed by atoms with Gasteiger partial charge in [-0.05, 0) is 47.7 Å². The third kappa shape index (κ3) is 3.73. The van der Waals surface area contributed by atoms with Gasteiger partial charge in [-0.3, -0.25) is 13.9 Å². The Morgan fingerprint density at radius 1 is 1.06 bits per heavy atom. The second kappa shape index (κ2) is 8.64. The SMILES string of the molecule is CCc1ccc(N2C[C@H](C)Cn3c2nc2c3c(=O)n(Cc3ccc(Cl)cc3Cl)c(=O)n2C)cc1. The number of fused-ring (bicyclic) bond motifs is 3. The molecule has 34 heavy (non-hydrogen) atoms. The first kappa shape index (κ1) is 22.7. The topological polar surface area (TPSA) is 65.1 Å². The number of nitrogens with zero attached hydrogens (tertiary/aromatic N) is 5. The fourth-order valence-corrected chi connectivity index (χ4v) is 5.06. The molecule has 1 aliphatic heterocycles. The molecule has 0 unspecified atom stereocenters. The highest BCUT2D eigenvalue weighted by atomic mass is 35.5. The molecule has 7 nitrogen and oxygen atoms in total. The average molecular weight is 498 g/mol. The van der Waals surface area contributed by atoms with E-state index in [0.29, 0.717) is 39.3 Å². The number of halogens is 2. The molecule has 2 aromatic carbocycles. The summed E-state index contributed by atoms with van der Waals surface area (Å²) in [5.41, 5.74) is 2.90. The van der Waals surface area contributed by atoms with Gasteiger partial charge in [-0.1, -0.05) is 55.2 Å². The van der Waals surface area contributed by atoms with Crippen molar-refractivity contribution in [2.24, 2.45) is 13.0 Å². The van der Waals surface area contributed by atoms with Crippen molar-refractivity contribution in [1.29, 1.82) is 0 Å². The van der Waals surface area contributed by atoms with E-state index in [2.05, 4.69) is 43.0 Å². The number of anilines is 2. The number of rotatable bonds is 4. The third-order valence-corrected chi connectivity index (χ3v) is 7.03. The quantitative estimate of drug-likeness (QED) is 0.413. The van der Waals surface area contributed by atoms with Crippen LogP contribution < -0.4 is 16.1 Å². The Labute approximate surface area is 206 Å². The number of aromatic nitrogens is 4. The predicted molar refractivity (Wildman–Crippen MR) is 137 cm³/mol. The van der Waals surface area contributed by atoms with Gasteiger partial charge in [-0.2, -0.15) is 4.98 Å². The molecule has 0 spiro atoms. The van der Waals surface area contributed by atoms with Crippen molar-refractivity contribution in [1.82, 2.24) is 18.7 Å². The first-order valence-electron chi connectivity index (χ1n) is 11.3. The zero-order chi connectivity index (χ0) is 24.1. The van der Waals surface area contributed by atoms with Crippen molar-refractivity contribution >= 4 is 46.0 Å². The Balaban J connectivity index is 1.69. The largest absolute Gasteiger partial charge is 0.332 e. The molecule has 0 aliphatic carbocycles. The lowest BCUT2D eigenvalue weighted by Crippen LogP contribution is -2.40. The maximum atomic E-state index is 13.7. The molecular weight excluding hydrogens is 473 g/mol. The number of hydrogen-bond donors (Lipinski definition) is 0. The Morgan fingerprint density at radius 2 is 1.79 bits per heavy atom. The van der Waals surface area contributed by atoms with Gasteiger partial charge in [-0.15, -0.1) is 0 Å². The second-order valence-electron chi connectivity index (χ2n) is 8.90. The summed E-state index contributed by atoms with van der Waals surface area (Å²) in [4.78, 5) is 33.7. The fourth-order valence-electron chi connectivity index (χ4n) is 4.59. The molecular formula is C25H25Cl2N5O2. The molecule has 0 amide bonds. The molecule has 0 saturated carbocycles. The molecule has 1 aliphatic rings. The third-order valence-electron chi connectivity index (χ3n) is 6.44. The summed E-state index contributed by atoms with van der Waals surface area (Å²) < 4.78 is 4.60. The van der Waals surface area contributed by atoms with Crippen LogP contribution in [0.4, 0.5) is 11.6 Å². The van der Waals surface area contributed by atoms with Crippen LogP contribution in [0, 0.1) is 5.92 Å². The number of imidazole rings is 1. The van der Waals surface area contributed by atoms with Crippen LogP contribution in [0.25, 0.3) is 11.2 Å². The highest BCUT2D eigenvalue weighted by Crippen LogP contribution is 2.33. The van der Waals surface area contributed by atoms with Crippen molar-refractivity contribution in [3.63, 3.8) is 0 Å².